The third-order valence-corrected chi connectivity index (χ3v) is 6.91. The molecule has 0 radical (unpaired) electrons. The number of rotatable bonds is 5. The number of likely N-dealkylation sites (N-methyl/N-ethyl adjacent to an activating group) is 1. The lowest BCUT2D eigenvalue weighted by atomic mass is 10.2. The highest BCUT2D eigenvalue weighted by Crippen LogP contribution is 2.42. The highest BCUT2D eigenvalue weighted by Gasteiger charge is 2.46. The minimum atomic E-state index is -2.08. The summed E-state index contributed by atoms with van der Waals surface area (Å²) in [7, 11) is 1.27. The molecule has 1 aliphatic rings. The molecule has 6 nitrogen and oxygen atoms in total. The number of aliphatic imine (C=N–C) groups is 1. The Balaban J connectivity index is 1.94. The fourth-order valence-corrected chi connectivity index (χ4v) is 4.53. The van der Waals surface area contributed by atoms with E-state index < -0.39 is 27.7 Å². The fraction of sp³-hybridized carbons (Fsp3) is 0.125. The molecule has 1 atom stereocenters. The first-order valence-electron chi connectivity index (χ1n) is 10.3. The highest BCUT2D eigenvalue weighted by molar-refractivity contribution is 9.10. The van der Waals surface area contributed by atoms with Crippen LogP contribution in [0.5, 0.6) is 0 Å². The molecular weight excluding hydrogens is 661 g/mol. The van der Waals surface area contributed by atoms with E-state index in [9.17, 15) is 14.0 Å². The van der Waals surface area contributed by atoms with Crippen LogP contribution >= 0.6 is 66.7 Å². The van der Waals surface area contributed by atoms with Crippen molar-refractivity contribution in [1.29, 1.82) is 0 Å². The molecule has 36 heavy (non-hydrogen) atoms. The van der Waals surface area contributed by atoms with Gasteiger partial charge in [-0.25, -0.2) is 19.1 Å². The summed E-state index contributed by atoms with van der Waals surface area (Å²) in [6, 6.07) is 19.1. The Morgan fingerprint density at radius 2 is 1.39 bits per heavy atom. The zero-order valence-corrected chi connectivity index (χ0v) is 23.8. The summed E-state index contributed by atoms with van der Waals surface area (Å²) < 4.78 is 14.3. The standard InChI is InChI=1S/C24H16Br2Cl3FN4O2/c1-32-21(35)20(34(23(32)36)19-5-3-2-4-18(19)30)31-22(24(27,28)29)33(16-10-6-14(25)7-11-16)17-12-8-15(26)9-13-17/h2-13,22H,1H3/b31-20+. The zero-order valence-electron chi connectivity index (χ0n) is 18.4. The van der Waals surface area contributed by atoms with Crippen molar-refractivity contribution in [3.05, 3.63) is 87.6 Å². The second kappa shape index (κ2) is 10.7. The van der Waals surface area contributed by atoms with Crippen molar-refractivity contribution in [3.8, 4) is 0 Å². The quantitative estimate of drug-likeness (QED) is 0.206. The molecular formula is C24H16Br2Cl3FN4O2. The van der Waals surface area contributed by atoms with E-state index in [0.717, 1.165) is 18.7 Å². The normalized spacial score (nSPS) is 16.1. The first kappa shape index (κ1) is 26.9. The first-order chi connectivity index (χ1) is 17.0. The van der Waals surface area contributed by atoms with Crippen molar-refractivity contribution in [2.75, 3.05) is 16.8 Å². The van der Waals surface area contributed by atoms with Crippen LogP contribution in [-0.4, -0.2) is 39.7 Å². The molecule has 1 saturated heterocycles. The Labute approximate surface area is 238 Å². The zero-order chi connectivity index (χ0) is 26.2. The Kier molecular flexibility index (Phi) is 7.97. The molecule has 12 heteroatoms. The SMILES string of the molecule is CN1C(=O)/C(=N\C(N(c2ccc(Br)cc2)c2ccc(Br)cc2)C(Cl)(Cl)Cl)N(c2ccccc2F)C1=O. The maximum Gasteiger partial charge on any atom is 0.337 e. The minimum Gasteiger partial charge on any atom is -0.315 e. The third kappa shape index (κ3) is 5.40. The number of imide groups is 1. The summed E-state index contributed by atoms with van der Waals surface area (Å²) in [5.74, 6) is -1.87. The molecule has 4 rings (SSSR count). The second-order valence-corrected chi connectivity index (χ2v) is 11.8. The molecule has 3 aromatic rings. The molecule has 0 spiro atoms. The van der Waals surface area contributed by atoms with Gasteiger partial charge in [0.1, 0.15) is 5.82 Å². The molecule has 3 amide bonds. The van der Waals surface area contributed by atoms with Gasteiger partial charge in [0.25, 0.3) is 5.91 Å². The first-order valence-corrected chi connectivity index (χ1v) is 13.0. The summed E-state index contributed by atoms with van der Waals surface area (Å²) in [6.45, 7) is 0. The van der Waals surface area contributed by atoms with Gasteiger partial charge in [-0.3, -0.25) is 9.69 Å². The fourth-order valence-electron chi connectivity index (χ4n) is 3.56. The third-order valence-electron chi connectivity index (χ3n) is 5.27. The number of benzene rings is 3. The van der Waals surface area contributed by atoms with Crippen molar-refractivity contribution in [2.24, 2.45) is 4.99 Å². The van der Waals surface area contributed by atoms with Crippen LogP contribution in [0.4, 0.5) is 26.2 Å². The molecule has 0 aromatic heterocycles. The van der Waals surface area contributed by atoms with Crippen LogP contribution in [0.25, 0.3) is 0 Å². The molecule has 1 fully saturated rings. The number of amidine groups is 1. The maximum absolute atomic E-state index is 14.7. The smallest absolute Gasteiger partial charge is 0.315 e. The van der Waals surface area contributed by atoms with E-state index in [1.165, 1.54) is 31.3 Å². The number of anilines is 3. The van der Waals surface area contributed by atoms with Crippen molar-refractivity contribution >= 4 is 101 Å². The van der Waals surface area contributed by atoms with E-state index in [0.29, 0.717) is 11.4 Å². The Bertz CT molecular complexity index is 1290. The van der Waals surface area contributed by atoms with E-state index in [4.69, 9.17) is 34.8 Å². The average molecular weight is 678 g/mol. The largest absolute Gasteiger partial charge is 0.337 e. The molecule has 1 heterocycles. The van der Waals surface area contributed by atoms with Crippen LogP contribution in [-0.2, 0) is 4.79 Å². The van der Waals surface area contributed by atoms with E-state index in [1.807, 2.05) is 0 Å². The lowest BCUT2D eigenvalue weighted by Crippen LogP contribution is -2.43. The van der Waals surface area contributed by atoms with Crippen LogP contribution < -0.4 is 9.80 Å². The van der Waals surface area contributed by atoms with E-state index in [-0.39, 0.29) is 11.5 Å². The molecule has 0 saturated carbocycles. The average Bonchev–Trinajstić information content (AvgIpc) is 3.04. The number of hydrogen-bond donors (Lipinski definition) is 0. The van der Waals surface area contributed by atoms with Gasteiger partial charge in [-0.2, -0.15) is 0 Å². The Morgan fingerprint density at radius 1 is 0.889 bits per heavy atom. The van der Waals surface area contributed by atoms with E-state index >= 15 is 0 Å². The van der Waals surface area contributed by atoms with Gasteiger partial charge in [-0.15, -0.1) is 0 Å². The summed E-state index contributed by atoms with van der Waals surface area (Å²) in [5, 5.41) is 0. The van der Waals surface area contributed by atoms with Crippen LogP contribution in [0.15, 0.2) is 86.7 Å². The molecule has 1 unspecified atom stereocenters. The number of carbonyl (C=O) groups is 2. The predicted molar refractivity (Wildman–Crippen MR) is 149 cm³/mol. The summed E-state index contributed by atoms with van der Waals surface area (Å²) in [5.41, 5.74) is 1.02. The van der Waals surface area contributed by atoms with Gasteiger partial charge in [0, 0.05) is 27.4 Å². The molecule has 1 aliphatic heterocycles. The van der Waals surface area contributed by atoms with Crippen molar-refractivity contribution < 1.29 is 14.0 Å². The Hall–Kier alpha value is -2.17. The number of halogens is 6. The van der Waals surface area contributed by atoms with Crippen LogP contribution in [0, 0.1) is 5.82 Å². The number of hydrogen-bond acceptors (Lipinski definition) is 4. The number of alkyl halides is 3. The maximum atomic E-state index is 14.7. The Morgan fingerprint density at radius 3 is 1.86 bits per heavy atom. The number of nitrogens with zero attached hydrogens (tertiary/aromatic N) is 4. The topological polar surface area (TPSA) is 56.2 Å². The minimum absolute atomic E-state index is 0.152. The van der Waals surface area contributed by atoms with E-state index in [2.05, 4.69) is 36.9 Å². The van der Waals surface area contributed by atoms with Crippen molar-refractivity contribution in [2.45, 2.75) is 9.96 Å². The van der Waals surface area contributed by atoms with Crippen LogP contribution in [0.1, 0.15) is 0 Å². The molecule has 0 N–H and O–H groups in total. The molecule has 3 aromatic carbocycles. The lowest BCUT2D eigenvalue weighted by Gasteiger charge is -2.35. The second-order valence-electron chi connectivity index (χ2n) is 7.62. The van der Waals surface area contributed by atoms with E-state index in [1.54, 1.807) is 53.4 Å². The van der Waals surface area contributed by atoms with Crippen molar-refractivity contribution in [3.63, 3.8) is 0 Å². The van der Waals surface area contributed by atoms with Gasteiger partial charge in [0.2, 0.25) is 9.63 Å². The van der Waals surface area contributed by atoms with Gasteiger partial charge in [-0.1, -0.05) is 78.8 Å². The van der Waals surface area contributed by atoms with Gasteiger partial charge in [0.15, 0.2) is 6.17 Å². The number of carbonyl (C=O) groups excluding carboxylic acids is 2. The highest BCUT2D eigenvalue weighted by atomic mass is 79.9. The number of para-hydroxylation sites is 1. The summed E-state index contributed by atoms with van der Waals surface area (Å²) >= 11 is 26.1. The van der Waals surface area contributed by atoms with Gasteiger partial charge >= 0.3 is 6.03 Å². The monoisotopic (exact) mass is 674 g/mol. The predicted octanol–water partition coefficient (Wildman–Crippen LogP) is 7.68. The number of amides is 3. The number of urea groups is 1. The van der Waals surface area contributed by atoms with Gasteiger partial charge in [-0.05, 0) is 60.7 Å². The van der Waals surface area contributed by atoms with Crippen LogP contribution in [0.2, 0.25) is 0 Å². The molecule has 0 bridgehead atoms. The molecule has 186 valence electrons. The van der Waals surface area contributed by atoms with Crippen LogP contribution in [0.3, 0.4) is 0 Å². The van der Waals surface area contributed by atoms with Gasteiger partial charge < -0.3 is 4.90 Å². The molecule has 0 aliphatic carbocycles. The van der Waals surface area contributed by atoms with Gasteiger partial charge in [0.05, 0.1) is 5.69 Å². The summed E-state index contributed by atoms with van der Waals surface area (Å²) in [6.07, 6.45) is -1.34. The summed E-state index contributed by atoms with van der Waals surface area (Å²) in [4.78, 5) is 33.9. The lowest BCUT2D eigenvalue weighted by molar-refractivity contribution is -0.119. The van der Waals surface area contributed by atoms with Crippen molar-refractivity contribution in [1.82, 2.24) is 4.90 Å².